The summed E-state index contributed by atoms with van der Waals surface area (Å²) >= 11 is 0. The van der Waals surface area contributed by atoms with Crippen molar-refractivity contribution < 1.29 is 24.1 Å². The molecule has 2 aliphatic rings. The van der Waals surface area contributed by atoms with E-state index in [0.717, 1.165) is 31.2 Å². The van der Waals surface area contributed by atoms with Crippen molar-refractivity contribution in [2.24, 2.45) is 0 Å². The number of piperidine rings is 1. The van der Waals surface area contributed by atoms with E-state index in [-0.39, 0.29) is 5.91 Å². The summed E-state index contributed by atoms with van der Waals surface area (Å²) in [6.45, 7) is 0.906. The van der Waals surface area contributed by atoms with Gasteiger partial charge in [0.1, 0.15) is 11.9 Å². The second-order valence-corrected chi connectivity index (χ2v) is 8.79. The van der Waals surface area contributed by atoms with Crippen molar-refractivity contribution in [2.75, 3.05) is 27.3 Å². The van der Waals surface area contributed by atoms with E-state index in [9.17, 15) is 9.90 Å². The normalized spacial score (nSPS) is 22.8. The van der Waals surface area contributed by atoms with Gasteiger partial charge in [-0.2, -0.15) is 0 Å². The molecule has 0 unspecified atom stereocenters. The Morgan fingerprint density at radius 3 is 2.41 bits per heavy atom. The summed E-state index contributed by atoms with van der Waals surface area (Å²) < 4.78 is 16.8. The Morgan fingerprint density at radius 2 is 1.72 bits per heavy atom. The zero-order valence-corrected chi connectivity index (χ0v) is 19.0. The average Bonchev–Trinajstić information content (AvgIpc) is 2.85. The van der Waals surface area contributed by atoms with Crippen molar-refractivity contribution in [2.45, 2.75) is 56.1 Å². The van der Waals surface area contributed by atoms with E-state index in [2.05, 4.69) is 12.1 Å². The summed E-state index contributed by atoms with van der Waals surface area (Å²) in [6, 6.07) is 15.5. The molecule has 2 aromatic rings. The van der Waals surface area contributed by atoms with E-state index >= 15 is 0 Å². The number of carbonyl (C=O) groups is 1. The molecule has 0 radical (unpaired) electrons. The lowest BCUT2D eigenvalue weighted by molar-refractivity contribution is -0.144. The molecule has 2 atom stereocenters. The monoisotopic (exact) mass is 439 g/mol. The second-order valence-electron chi connectivity index (χ2n) is 8.79. The van der Waals surface area contributed by atoms with Crippen LogP contribution in [0.3, 0.4) is 0 Å². The van der Waals surface area contributed by atoms with Gasteiger partial charge >= 0.3 is 0 Å². The number of aliphatic hydroxyl groups is 1. The molecule has 2 fully saturated rings. The number of ether oxygens (including phenoxy) is 3. The maximum Gasteiger partial charge on any atom is 0.233 e. The Labute approximate surface area is 190 Å². The molecule has 0 aromatic heterocycles. The summed E-state index contributed by atoms with van der Waals surface area (Å²) in [5, 5.41) is 10.6. The molecule has 1 heterocycles. The van der Waals surface area contributed by atoms with Gasteiger partial charge in [-0.15, -0.1) is 0 Å². The van der Waals surface area contributed by atoms with Crippen LogP contribution in [-0.2, 0) is 10.2 Å². The maximum absolute atomic E-state index is 13.9. The molecule has 1 saturated carbocycles. The molecular weight excluding hydrogens is 406 g/mol. The van der Waals surface area contributed by atoms with Gasteiger partial charge in [-0.05, 0) is 37.0 Å². The van der Waals surface area contributed by atoms with Crippen LogP contribution in [0, 0.1) is 0 Å². The SMILES string of the molecule is COc1ccc(O[C@@H]2CN(C(=O)C3(c4ccccc4)CCCCC3)CC[C@H]2O)cc1OC. The molecule has 1 N–H and O–H groups in total. The van der Waals surface area contributed by atoms with Crippen molar-refractivity contribution in [3.8, 4) is 17.2 Å². The Kier molecular flexibility index (Phi) is 6.89. The Balaban J connectivity index is 1.54. The molecule has 32 heavy (non-hydrogen) atoms. The Morgan fingerprint density at radius 1 is 1.00 bits per heavy atom. The van der Waals surface area contributed by atoms with Gasteiger partial charge in [0.05, 0.1) is 32.3 Å². The van der Waals surface area contributed by atoms with Gasteiger partial charge < -0.3 is 24.2 Å². The van der Waals surface area contributed by atoms with Gasteiger partial charge in [0, 0.05) is 12.6 Å². The van der Waals surface area contributed by atoms with Gasteiger partial charge in [0.25, 0.3) is 0 Å². The first-order valence-corrected chi connectivity index (χ1v) is 11.5. The minimum absolute atomic E-state index is 0.163. The number of hydrogen-bond acceptors (Lipinski definition) is 5. The quantitative estimate of drug-likeness (QED) is 0.738. The number of likely N-dealkylation sites (tertiary alicyclic amines) is 1. The molecule has 2 aromatic carbocycles. The molecule has 1 amide bonds. The summed E-state index contributed by atoms with van der Waals surface area (Å²) in [6.07, 6.45) is 4.39. The third-order valence-electron chi connectivity index (χ3n) is 6.90. The van der Waals surface area contributed by atoms with Crippen LogP contribution in [-0.4, -0.2) is 55.4 Å². The third-order valence-corrected chi connectivity index (χ3v) is 6.90. The number of nitrogens with zero attached hydrogens (tertiary/aromatic N) is 1. The van der Waals surface area contributed by atoms with Crippen molar-refractivity contribution >= 4 is 5.91 Å². The first-order valence-electron chi connectivity index (χ1n) is 11.5. The molecule has 1 aliphatic carbocycles. The second kappa shape index (κ2) is 9.82. The largest absolute Gasteiger partial charge is 0.493 e. The zero-order valence-electron chi connectivity index (χ0n) is 19.0. The lowest BCUT2D eigenvalue weighted by Gasteiger charge is -2.44. The highest BCUT2D eigenvalue weighted by atomic mass is 16.5. The van der Waals surface area contributed by atoms with Crippen LogP contribution >= 0.6 is 0 Å². The van der Waals surface area contributed by atoms with Gasteiger partial charge in [0.15, 0.2) is 11.5 Å². The lowest BCUT2D eigenvalue weighted by atomic mass is 9.68. The number of methoxy groups -OCH3 is 2. The van der Waals surface area contributed by atoms with Crippen molar-refractivity contribution in [3.05, 3.63) is 54.1 Å². The first-order chi connectivity index (χ1) is 15.6. The standard InChI is InChI=1S/C26H33NO5/c1-30-22-12-11-20(17-23(22)31-2)32-24-18-27(16-13-21(24)28)25(29)26(14-7-4-8-15-26)19-9-5-3-6-10-19/h3,5-6,9-12,17,21,24,28H,4,7-8,13-16,18H2,1-2H3/t21-,24-/m1/s1. The summed E-state index contributed by atoms with van der Waals surface area (Å²) in [5.74, 6) is 1.92. The van der Waals surface area contributed by atoms with Crippen molar-refractivity contribution in [3.63, 3.8) is 0 Å². The van der Waals surface area contributed by atoms with Crippen molar-refractivity contribution in [1.82, 2.24) is 4.90 Å². The first kappa shape index (κ1) is 22.5. The Hall–Kier alpha value is -2.73. The van der Waals surface area contributed by atoms with E-state index in [1.807, 2.05) is 23.1 Å². The minimum Gasteiger partial charge on any atom is -0.493 e. The van der Waals surface area contributed by atoms with E-state index in [1.54, 1.807) is 32.4 Å². The van der Waals surface area contributed by atoms with Crippen LogP contribution in [0.1, 0.15) is 44.1 Å². The number of hydrogen-bond donors (Lipinski definition) is 1. The molecule has 1 saturated heterocycles. The van der Waals surface area contributed by atoms with Crippen LogP contribution < -0.4 is 14.2 Å². The van der Waals surface area contributed by atoms with Crippen LogP contribution in [0.4, 0.5) is 0 Å². The van der Waals surface area contributed by atoms with Crippen LogP contribution in [0.2, 0.25) is 0 Å². The molecule has 6 heteroatoms. The topological polar surface area (TPSA) is 68.2 Å². The number of aliphatic hydroxyl groups excluding tert-OH is 1. The summed E-state index contributed by atoms with van der Waals surface area (Å²) in [5.41, 5.74) is 0.628. The highest BCUT2D eigenvalue weighted by Gasteiger charge is 2.45. The lowest BCUT2D eigenvalue weighted by Crippen LogP contribution is -2.56. The van der Waals surface area contributed by atoms with Crippen LogP contribution in [0.15, 0.2) is 48.5 Å². The van der Waals surface area contributed by atoms with Gasteiger partial charge in [0.2, 0.25) is 5.91 Å². The molecule has 0 spiro atoms. The predicted molar refractivity (Wildman–Crippen MR) is 122 cm³/mol. The molecule has 6 nitrogen and oxygen atoms in total. The number of rotatable bonds is 6. The van der Waals surface area contributed by atoms with E-state index < -0.39 is 17.6 Å². The molecule has 4 rings (SSSR count). The minimum atomic E-state index is -0.633. The Bertz CT molecular complexity index is 910. The summed E-state index contributed by atoms with van der Waals surface area (Å²) in [4.78, 5) is 15.8. The number of carbonyl (C=O) groups excluding carboxylic acids is 1. The van der Waals surface area contributed by atoms with E-state index in [0.29, 0.717) is 36.8 Å². The van der Waals surface area contributed by atoms with Gasteiger partial charge in [-0.25, -0.2) is 0 Å². The van der Waals surface area contributed by atoms with E-state index in [1.165, 1.54) is 6.42 Å². The molecule has 1 aliphatic heterocycles. The molecular formula is C26H33NO5. The highest BCUT2D eigenvalue weighted by molar-refractivity contribution is 5.88. The van der Waals surface area contributed by atoms with Gasteiger partial charge in [-0.3, -0.25) is 4.79 Å². The van der Waals surface area contributed by atoms with Crippen molar-refractivity contribution in [1.29, 1.82) is 0 Å². The highest BCUT2D eigenvalue weighted by Crippen LogP contribution is 2.41. The molecule has 172 valence electrons. The number of benzene rings is 2. The third kappa shape index (κ3) is 4.42. The summed E-state index contributed by atoms with van der Waals surface area (Å²) in [7, 11) is 3.16. The average molecular weight is 440 g/mol. The zero-order chi connectivity index (χ0) is 22.6. The number of amides is 1. The van der Waals surface area contributed by atoms with E-state index in [4.69, 9.17) is 14.2 Å². The molecule has 0 bridgehead atoms. The smallest absolute Gasteiger partial charge is 0.233 e. The fraction of sp³-hybridized carbons (Fsp3) is 0.500. The van der Waals surface area contributed by atoms with Crippen LogP contribution in [0.5, 0.6) is 17.2 Å². The van der Waals surface area contributed by atoms with Crippen LogP contribution in [0.25, 0.3) is 0 Å². The fourth-order valence-corrected chi connectivity index (χ4v) is 5.11. The predicted octanol–water partition coefficient (Wildman–Crippen LogP) is 3.95. The van der Waals surface area contributed by atoms with Gasteiger partial charge in [-0.1, -0.05) is 49.6 Å². The maximum atomic E-state index is 13.9. The fourth-order valence-electron chi connectivity index (χ4n) is 5.11.